The van der Waals surface area contributed by atoms with Crippen molar-refractivity contribution in [3.63, 3.8) is 0 Å². The molecular weight excluding hydrogens is 363 g/mol. The Bertz CT molecular complexity index is 731. The fourth-order valence-corrected chi connectivity index (χ4v) is 2.65. The van der Waals surface area contributed by atoms with Gasteiger partial charge in [-0.3, -0.25) is 14.4 Å². The van der Waals surface area contributed by atoms with Crippen molar-refractivity contribution < 1.29 is 28.4 Å². The summed E-state index contributed by atoms with van der Waals surface area (Å²) in [6.45, 7) is 8.67. The fraction of sp³-hybridized carbons (Fsp3) is 0.526. The molecule has 1 heterocycles. The Hall–Kier alpha value is -2.39. The Morgan fingerprint density at radius 2 is 1.64 bits per heavy atom. The first-order chi connectivity index (χ1) is 12.9. The molecule has 1 aliphatic rings. The van der Waals surface area contributed by atoms with E-state index < -0.39 is 48.8 Å². The molecule has 1 atom stereocenters. The molecule has 28 heavy (non-hydrogen) atoms. The van der Waals surface area contributed by atoms with Gasteiger partial charge in [-0.05, 0) is 38.7 Å². The Kier molecular flexibility index (Phi) is 6.51. The molecule has 0 saturated carbocycles. The average molecular weight is 390 g/mol. The van der Waals surface area contributed by atoms with Crippen LogP contribution in [0.3, 0.4) is 0 Å². The van der Waals surface area contributed by atoms with E-state index in [0.717, 1.165) is 11.0 Å². The van der Waals surface area contributed by atoms with Gasteiger partial charge in [-0.25, -0.2) is 0 Å². The number of carbonyl (C=O) groups excluding carboxylic acids is 3. The smallest absolute Gasteiger partial charge is 0.456 e. The molecule has 9 heteroatoms. The second kappa shape index (κ2) is 8.32. The molecule has 1 fully saturated rings. The van der Waals surface area contributed by atoms with E-state index in [4.69, 9.17) is 15.0 Å². The zero-order valence-corrected chi connectivity index (χ0v) is 16.9. The van der Waals surface area contributed by atoms with Crippen molar-refractivity contribution in [2.45, 2.75) is 58.3 Å². The maximum atomic E-state index is 11.8. The molecule has 152 valence electrons. The molecule has 0 bridgehead atoms. The van der Waals surface area contributed by atoms with E-state index in [9.17, 15) is 14.4 Å². The quantitative estimate of drug-likeness (QED) is 0.502. The Labute approximate surface area is 165 Å². The van der Waals surface area contributed by atoms with Crippen molar-refractivity contribution in [3.05, 3.63) is 29.8 Å². The molecule has 0 aromatic heterocycles. The molecule has 3 N–H and O–H groups in total. The predicted molar refractivity (Wildman–Crippen MR) is 104 cm³/mol. The molecular formula is C19H27BN2O6. The van der Waals surface area contributed by atoms with Crippen molar-refractivity contribution in [2.75, 3.05) is 6.61 Å². The molecule has 8 nitrogen and oxygen atoms in total. The lowest BCUT2D eigenvalue weighted by atomic mass is 9.78. The summed E-state index contributed by atoms with van der Waals surface area (Å²) >= 11 is 0. The summed E-state index contributed by atoms with van der Waals surface area (Å²) in [6, 6.07) is 6.46. The van der Waals surface area contributed by atoms with Crippen LogP contribution in [-0.4, -0.2) is 48.8 Å². The lowest BCUT2D eigenvalue weighted by Gasteiger charge is -2.32. The highest BCUT2D eigenvalue weighted by molar-refractivity contribution is 6.62. The Balaban J connectivity index is 2.01. The summed E-state index contributed by atoms with van der Waals surface area (Å²) in [6.07, 6.45) is 0.213. The zero-order valence-electron chi connectivity index (χ0n) is 16.9. The van der Waals surface area contributed by atoms with Gasteiger partial charge in [0.25, 0.3) is 5.91 Å². The first kappa shape index (κ1) is 21.9. The summed E-state index contributed by atoms with van der Waals surface area (Å²) in [5.41, 5.74) is 6.18. The monoisotopic (exact) mass is 390 g/mol. The lowest BCUT2D eigenvalue weighted by Crippen LogP contribution is -2.47. The molecule has 0 radical (unpaired) electrons. The number of amides is 2. The third-order valence-corrected chi connectivity index (χ3v) is 5.03. The van der Waals surface area contributed by atoms with Gasteiger partial charge in [0.1, 0.15) is 6.04 Å². The average Bonchev–Trinajstić information content (AvgIpc) is 2.80. The van der Waals surface area contributed by atoms with E-state index >= 15 is 0 Å². The maximum absolute atomic E-state index is 11.8. The SMILES string of the molecule is CC(=O)OCC(=O)N[C@H](Cc1ccc(B2OC(C)(C)C(C)(C)O2)cc1)C(N)=O. The normalized spacial score (nSPS) is 18.4. The first-order valence-corrected chi connectivity index (χ1v) is 9.08. The van der Waals surface area contributed by atoms with Crippen LogP contribution in [0, 0.1) is 0 Å². The van der Waals surface area contributed by atoms with Gasteiger partial charge in [0.2, 0.25) is 5.91 Å². The first-order valence-electron chi connectivity index (χ1n) is 9.08. The number of carbonyl (C=O) groups is 3. The minimum absolute atomic E-state index is 0.213. The van der Waals surface area contributed by atoms with Crippen molar-refractivity contribution >= 4 is 30.4 Å². The minimum atomic E-state index is -0.911. The zero-order chi connectivity index (χ0) is 21.1. The summed E-state index contributed by atoms with van der Waals surface area (Å²) in [5.74, 6) is -1.84. The molecule has 2 rings (SSSR count). The molecule has 1 aliphatic heterocycles. The Morgan fingerprint density at radius 1 is 1.11 bits per heavy atom. The third-order valence-electron chi connectivity index (χ3n) is 5.03. The summed E-state index contributed by atoms with van der Waals surface area (Å²) in [4.78, 5) is 34.2. The number of esters is 1. The van der Waals surface area contributed by atoms with Crippen LogP contribution in [-0.2, 0) is 34.9 Å². The number of rotatable bonds is 7. The van der Waals surface area contributed by atoms with Gasteiger partial charge in [0.15, 0.2) is 6.61 Å². The number of hydrogen-bond donors (Lipinski definition) is 2. The Morgan fingerprint density at radius 3 is 2.11 bits per heavy atom. The van der Waals surface area contributed by atoms with Gasteiger partial charge in [-0.2, -0.15) is 0 Å². The number of ether oxygens (including phenoxy) is 1. The lowest BCUT2D eigenvalue weighted by molar-refractivity contribution is -0.146. The van der Waals surface area contributed by atoms with Gasteiger partial charge in [-0.1, -0.05) is 24.3 Å². The number of primary amides is 1. The van der Waals surface area contributed by atoms with Gasteiger partial charge < -0.3 is 25.1 Å². The number of hydrogen-bond acceptors (Lipinski definition) is 6. The number of nitrogens with two attached hydrogens (primary N) is 1. The topological polar surface area (TPSA) is 117 Å². The van der Waals surface area contributed by atoms with Crippen LogP contribution in [0.4, 0.5) is 0 Å². The summed E-state index contributed by atoms with van der Waals surface area (Å²) < 4.78 is 16.6. The molecule has 1 saturated heterocycles. The second-order valence-corrected chi connectivity index (χ2v) is 7.84. The molecule has 1 aromatic rings. The van der Waals surface area contributed by atoms with E-state index in [-0.39, 0.29) is 6.42 Å². The fourth-order valence-electron chi connectivity index (χ4n) is 2.65. The highest BCUT2D eigenvalue weighted by Gasteiger charge is 2.51. The van der Waals surface area contributed by atoms with E-state index in [1.807, 2.05) is 52.0 Å². The van der Waals surface area contributed by atoms with Crippen molar-refractivity contribution in [2.24, 2.45) is 5.73 Å². The van der Waals surface area contributed by atoms with Crippen LogP contribution in [0.1, 0.15) is 40.2 Å². The highest BCUT2D eigenvalue weighted by Crippen LogP contribution is 2.36. The van der Waals surface area contributed by atoms with Gasteiger partial charge in [-0.15, -0.1) is 0 Å². The number of benzene rings is 1. The van der Waals surface area contributed by atoms with E-state index in [1.54, 1.807) is 0 Å². The standard InChI is InChI=1S/C19H27BN2O6/c1-12(23)26-11-16(24)22-15(17(21)25)10-13-6-8-14(9-7-13)20-27-18(2,3)19(4,5)28-20/h6-9,15H,10-11H2,1-5H3,(H2,21,25)(H,22,24)/t15-/m1/s1. The second-order valence-electron chi connectivity index (χ2n) is 7.84. The van der Waals surface area contributed by atoms with Crippen LogP contribution < -0.4 is 16.5 Å². The van der Waals surface area contributed by atoms with Gasteiger partial charge in [0, 0.05) is 13.3 Å². The molecule has 0 unspecified atom stereocenters. The van der Waals surface area contributed by atoms with Crippen LogP contribution in [0.5, 0.6) is 0 Å². The molecule has 1 aromatic carbocycles. The third kappa shape index (κ3) is 5.33. The van der Waals surface area contributed by atoms with Crippen LogP contribution in [0.15, 0.2) is 24.3 Å². The van der Waals surface area contributed by atoms with Crippen molar-refractivity contribution in [3.8, 4) is 0 Å². The molecule has 0 aliphatic carbocycles. The summed E-state index contributed by atoms with van der Waals surface area (Å²) in [5, 5.41) is 2.47. The van der Waals surface area contributed by atoms with E-state index in [0.29, 0.717) is 0 Å². The number of nitrogens with one attached hydrogen (secondary N) is 1. The minimum Gasteiger partial charge on any atom is -0.456 e. The molecule has 0 spiro atoms. The van der Waals surface area contributed by atoms with Crippen LogP contribution >= 0.6 is 0 Å². The van der Waals surface area contributed by atoms with Gasteiger partial charge >= 0.3 is 13.1 Å². The van der Waals surface area contributed by atoms with Crippen molar-refractivity contribution in [1.29, 1.82) is 0 Å². The van der Waals surface area contributed by atoms with E-state index in [2.05, 4.69) is 10.1 Å². The van der Waals surface area contributed by atoms with Crippen LogP contribution in [0.25, 0.3) is 0 Å². The molecule has 2 amide bonds. The van der Waals surface area contributed by atoms with E-state index in [1.165, 1.54) is 6.92 Å². The highest BCUT2D eigenvalue weighted by atomic mass is 16.7. The largest absolute Gasteiger partial charge is 0.494 e. The predicted octanol–water partition coefficient (Wildman–Crippen LogP) is 0.0615. The van der Waals surface area contributed by atoms with Crippen LogP contribution in [0.2, 0.25) is 0 Å². The van der Waals surface area contributed by atoms with Crippen molar-refractivity contribution in [1.82, 2.24) is 5.32 Å². The maximum Gasteiger partial charge on any atom is 0.494 e. The summed E-state index contributed by atoms with van der Waals surface area (Å²) in [7, 11) is -0.477. The van der Waals surface area contributed by atoms with Gasteiger partial charge in [0.05, 0.1) is 11.2 Å².